The van der Waals surface area contributed by atoms with Crippen LogP contribution in [0.2, 0.25) is 0 Å². The highest BCUT2D eigenvalue weighted by molar-refractivity contribution is 5.40. The summed E-state index contributed by atoms with van der Waals surface area (Å²) in [4.78, 5) is 18.0. The number of aromatic nitrogens is 1. The van der Waals surface area contributed by atoms with Gasteiger partial charge in [0.05, 0.1) is 0 Å². The number of piperazine rings is 1. The first-order valence-corrected chi connectivity index (χ1v) is 4.99. The van der Waals surface area contributed by atoms with Crippen LogP contribution in [0, 0.1) is 5.82 Å². The molecular weight excluding hydrogens is 197 g/mol. The Morgan fingerprint density at radius 2 is 2.00 bits per heavy atom. The van der Waals surface area contributed by atoms with Gasteiger partial charge in [-0.2, -0.15) is 4.39 Å². The third-order valence-electron chi connectivity index (χ3n) is 2.70. The number of aromatic amines is 1. The number of H-pyrrole nitrogens is 1. The summed E-state index contributed by atoms with van der Waals surface area (Å²) in [6.45, 7) is 3.26. The Labute approximate surface area is 87.3 Å². The van der Waals surface area contributed by atoms with E-state index in [1.54, 1.807) is 0 Å². The van der Waals surface area contributed by atoms with Crippen molar-refractivity contribution in [1.29, 1.82) is 0 Å². The first-order valence-electron chi connectivity index (χ1n) is 4.99. The fourth-order valence-electron chi connectivity index (χ4n) is 1.71. The van der Waals surface area contributed by atoms with Crippen LogP contribution < -0.4 is 10.3 Å². The van der Waals surface area contributed by atoms with E-state index in [9.17, 15) is 9.18 Å². The predicted octanol–water partition coefficient (Wildman–Crippen LogP) is 0.266. The Balaban J connectivity index is 2.23. The molecule has 15 heavy (non-hydrogen) atoms. The molecular formula is C10H14FN3O. The molecule has 1 fully saturated rings. The van der Waals surface area contributed by atoms with Crippen molar-refractivity contribution >= 4 is 5.82 Å². The van der Waals surface area contributed by atoms with Crippen LogP contribution in [0.5, 0.6) is 0 Å². The van der Waals surface area contributed by atoms with E-state index in [1.807, 2.05) is 11.9 Å². The molecule has 1 aliphatic rings. The number of likely N-dealkylation sites (N-methyl/N-ethyl adjacent to an activating group) is 1. The van der Waals surface area contributed by atoms with Gasteiger partial charge in [0.2, 0.25) is 11.2 Å². The van der Waals surface area contributed by atoms with Gasteiger partial charge in [-0.05, 0) is 7.05 Å². The second-order valence-corrected chi connectivity index (χ2v) is 3.79. The summed E-state index contributed by atoms with van der Waals surface area (Å²) in [5, 5.41) is 0. The van der Waals surface area contributed by atoms with E-state index >= 15 is 0 Å². The zero-order chi connectivity index (χ0) is 10.8. The summed E-state index contributed by atoms with van der Waals surface area (Å²) in [6, 6.07) is 1.20. The van der Waals surface area contributed by atoms with E-state index in [-0.39, 0.29) is 0 Å². The molecule has 1 aromatic heterocycles. The monoisotopic (exact) mass is 211 g/mol. The minimum absolute atomic E-state index is 0.315. The van der Waals surface area contributed by atoms with Crippen LogP contribution in [0.25, 0.3) is 0 Å². The Hall–Kier alpha value is -1.36. The maximum absolute atomic E-state index is 13.5. The van der Waals surface area contributed by atoms with Crippen LogP contribution in [0.15, 0.2) is 17.1 Å². The van der Waals surface area contributed by atoms with Crippen LogP contribution in [-0.4, -0.2) is 43.1 Å². The van der Waals surface area contributed by atoms with Gasteiger partial charge >= 0.3 is 0 Å². The van der Waals surface area contributed by atoms with E-state index in [2.05, 4.69) is 9.88 Å². The van der Waals surface area contributed by atoms with Crippen LogP contribution in [0.1, 0.15) is 0 Å². The molecule has 4 nitrogen and oxygen atoms in total. The molecule has 0 radical (unpaired) electrons. The minimum atomic E-state index is -0.679. The summed E-state index contributed by atoms with van der Waals surface area (Å²) in [6.07, 6.45) is 1.49. The largest absolute Gasteiger partial charge is 0.353 e. The summed E-state index contributed by atoms with van der Waals surface area (Å²) in [5.74, 6) is -0.363. The fraction of sp³-hybridized carbons (Fsp3) is 0.500. The Morgan fingerprint density at radius 1 is 1.33 bits per heavy atom. The van der Waals surface area contributed by atoms with Gasteiger partial charge in [0, 0.05) is 38.4 Å². The van der Waals surface area contributed by atoms with E-state index in [1.165, 1.54) is 12.3 Å². The number of rotatable bonds is 1. The Kier molecular flexibility index (Phi) is 2.73. The summed E-state index contributed by atoms with van der Waals surface area (Å²) in [7, 11) is 2.03. The van der Waals surface area contributed by atoms with Gasteiger partial charge < -0.3 is 14.8 Å². The number of nitrogens with one attached hydrogen (secondary N) is 1. The van der Waals surface area contributed by atoms with Gasteiger partial charge in [-0.15, -0.1) is 0 Å². The zero-order valence-corrected chi connectivity index (χ0v) is 8.66. The quantitative estimate of drug-likeness (QED) is 0.724. The molecule has 0 atom stereocenters. The fourth-order valence-corrected chi connectivity index (χ4v) is 1.71. The molecule has 82 valence electrons. The molecule has 1 aliphatic heterocycles. The molecule has 0 aliphatic carbocycles. The Bertz CT molecular complexity index is 396. The molecule has 2 heterocycles. The normalized spacial score (nSPS) is 18.1. The van der Waals surface area contributed by atoms with E-state index < -0.39 is 11.2 Å². The van der Waals surface area contributed by atoms with Crippen molar-refractivity contribution in [2.75, 3.05) is 38.1 Å². The van der Waals surface area contributed by atoms with Crippen LogP contribution >= 0.6 is 0 Å². The lowest BCUT2D eigenvalue weighted by Gasteiger charge is -2.33. The molecule has 0 unspecified atom stereocenters. The summed E-state index contributed by atoms with van der Waals surface area (Å²) < 4.78 is 13.5. The van der Waals surface area contributed by atoms with Gasteiger partial charge in [-0.1, -0.05) is 0 Å². The molecule has 0 spiro atoms. The van der Waals surface area contributed by atoms with Crippen molar-refractivity contribution in [3.8, 4) is 0 Å². The maximum Gasteiger partial charge on any atom is 0.219 e. The topological polar surface area (TPSA) is 39.3 Å². The molecule has 5 heteroatoms. The minimum Gasteiger partial charge on any atom is -0.353 e. The van der Waals surface area contributed by atoms with Crippen molar-refractivity contribution in [2.45, 2.75) is 0 Å². The predicted molar refractivity (Wildman–Crippen MR) is 56.7 cm³/mol. The van der Waals surface area contributed by atoms with E-state index in [4.69, 9.17) is 0 Å². The van der Waals surface area contributed by atoms with Crippen molar-refractivity contribution in [2.24, 2.45) is 0 Å². The number of halogens is 1. The third kappa shape index (κ3) is 2.02. The molecule has 0 bridgehead atoms. The zero-order valence-electron chi connectivity index (χ0n) is 8.66. The van der Waals surface area contributed by atoms with Crippen molar-refractivity contribution in [1.82, 2.24) is 9.88 Å². The lowest BCUT2D eigenvalue weighted by atomic mass is 10.3. The molecule has 0 amide bonds. The summed E-state index contributed by atoms with van der Waals surface area (Å²) in [5.41, 5.74) is -0.553. The SMILES string of the molecule is CN1CCN(c2[nH]ccc(=O)c2F)CC1. The molecule has 1 aromatic rings. The molecule has 2 rings (SSSR count). The van der Waals surface area contributed by atoms with Crippen LogP contribution in [0.4, 0.5) is 10.2 Å². The second-order valence-electron chi connectivity index (χ2n) is 3.79. The maximum atomic E-state index is 13.5. The number of hydrogen-bond acceptors (Lipinski definition) is 3. The van der Waals surface area contributed by atoms with Crippen molar-refractivity contribution in [3.05, 3.63) is 28.3 Å². The van der Waals surface area contributed by atoms with Crippen molar-refractivity contribution in [3.63, 3.8) is 0 Å². The van der Waals surface area contributed by atoms with Gasteiger partial charge in [-0.3, -0.25) is 4.79 Å². The Morgan fingerprint density at radius 3 is 2.67 bits per heavy atom. The smallest absolute Gasteiger partial charge is 0.219 e. The van der Waals surface area contributed by atoms with Crippen LogP contribution in [0.3, 0.4) is 0 Å². The lowest BCUT2D eigenvalue weighted by Crippen LogP contribution is -2.45. The number of nitrogens with zero attached hydrogens (tertiary/aromatic N) is 2. The van der Waals surface area contributed by atoms with Gasteiger partial charge in [-0.25, -0.2) is 0 Å². The van der Waals surface area contributed by atoms with Gasteiger partial charge in [0.15, 0.2) is 0 Å². The lowest BCUT2D eigenvalue weighted by molar-refractivity contribution is 0.310. The van der Waals surface area contributed by atoms with Crippen LogP contribution in [-0.2, 0) is 0 Å². The number of hydrogen-bond donors (Lipinski definition) is 1. The first kappa shape index (κ1) is 10.2. The second kappa shape index (κ2) is 4.02. The molecule has 0 aromatic carbocycles. The van der Waals surface area contributed by atoms with Crippen molar-refractivity contribution < 1.29 is 4.39 Å². The standard InChI is InChI=1S/C10H14FN3O/c1-13-4-6-14(7-5-13)10-9(11)8(15)2-3-12-10/h2-3H,4-7H2,1H3,(H,12,15). The summed E-state index contributed by atoms with van der Waals surface area (Å²) >= 11 is 0. The molecule has 1 N–H and O–H groups in total. The van der Waals surface area contributed by atoms with E-state index in [0.29, 0.717) is 5.82 Å². The van der Waals surface area contributed by atoms with Gasteiger partial charge in [0.1, 0.15) is 5.82 Å². The highest BCUT2D eigenvalue weighted by Crippen LogP contribution is 2.13. The first-order chi connectivity index (χ1) is 7.18. The average Bonchev–Trinajstić information content (AvgIpc) is 2.24. The highest BCUT2D eigenvalue weighted by Gasteiger charge is 2.18. The number of anilines is 1. The molecule has 1 saturated heterocycles. The average molecular weight is 211 g/mol. The highest BCUT2D eigenvalue weighted by atomic mass is 19.1. The number of pyridine rings is 1. The molecule has 0 saturated carbocycles. The third-order valence-corrected chi connectivity index (χ3v) is 2.70. The van der Waals surface area contributed by atoms with Gasteiger partial charge in [0.25, 0.3) is 0 Å². The van der Waals surface area contributed by atoms with E-state index in [0.717, 1.165) is 26.2 Å².